The van der Waals surface area contributed by atoms with E-state index in [2.05, 4.69) is 4.72 Å². The van der Waals surface area contributed by atoms with Crippen LogP contribution in [0.3, 0.4) is 0 Å². The van der Waals surface area contributed by atoms with Gasteiger partial charge >= 0.3 is 5.97 Å². The van der Waals surface area contributed by atoms with Crippen LogP contribution in [0, 0.1) is 0 Å². The fraction of sp³-hybridized carbons (Fsp3) is 0.273. The number of hydrogen-bond donors (Lipinski definition) is 3. The molecule has 104 valence electrons. The molecule has 1 aromatic rings. The molecule has 1 amide bonds. The Morgan fingerprint density at radius 1 is 1.32 bits per heavy atom. The molecule has 1 rings (SSSR count). The van der Waals surface area contributed by atoms with Crippen molar-refractivity contribution in [1.82, 2.24) is 0 Å². The highest BCUT2D eigenvalue weighted by atomic mass is 32.2. The van der Waals surface area contributed by atoms with E-state index in [4.69, 9.17) is 10.8 Å². The zero-order valence-corrected chi connectivity index (χ0v) is 11.0. The van der Waals surface area contributed by atoms with Crippen molar-refractivity contribution in [1.29, 1.82) is 0 Å². The number of aliphatic carboxylic acids is 1. The third-order valence-corrected chi connectivity index (χ3v) is 4.06. The van der Waals surface area contributed by atoms with Crippen LogP contribution in [0.2, 0.25) is 0 Å². The molecule has 0 aliphatic carbocycles. The molecule has 0 spiro atoms. The lowest BCUT2D eigenvalue weighted by atomic mass is 10.1. The Morgan fingerprint density at radius 3 is 2.26 bits per heavy atom. The van der Waals surface area contributed by atoms with Crippen molar-refractivity contribution in [3.63, 3.8) is 0 Å². The first-order valence-electron chi connectivity index (χ1n) is 5.34. The van der Waals surface area contributed by atoms with Gasteiger partial charge in [0, 0.05) is 5.69 Å². The van der Waals surface area contributed by atoms with Gasteiger partial charge in [-0.2, -0.15) is 0 Å². The molecular formula is C11H14N2O5S. The van der Waals surface area contributed by atoms with Gasteiger partial charge in [-0.05, 0) is 24.6 Å². The second kappa shape index (κ2) is 5.70. The van der Waals surface area contributed by atoms with E-state index >= 15 is 0 Å². The zero-order chi connectivity index (χ0) is 14.6. The number of hydrogen-bond acceptors (Lipinski definition) is 4. The lowest BCUT2D eigenvalue weighted by Crippen LogP contribution is -2.32. The van der Waals surface area contributed by atoms with Gasteiger partial charge in [-0.1, -0.05) is 12.1 Å². The minimum atomic E-state index is -3.99. The van der Waals surface area contributed by atoms with Crippen LogP contribution < -0.4 is 10.5 Å². The SMILES string of the molecule is CC(C(=O)O)S(=O)(=O)Nc1ccc(CC(N)=O)cc1. The molecule has 7 nitrogen and oxygen atoms in total. The largest absolute Gasteiger partial charge is 0.480 e. The summed E-state index contributed by atoms with van der Waals surface area (Å²) in [4.78, 5) is 21.3. The van der Waals surface area contributed by atoms with Gasteiger partial charge < -0.3 is 10.8 Å². The van der Waals surface area contributed by atoms with Crippen LogP contribution in [0.4, 0.5) is 5.69 Å². The molecule has 4 N–H and O–H groups in total. The van der Waals surface area contributed by atoms with E-state index in [1.165, 1.54) is 24.3 Å². The summed E-state index contributed by atoms with van der Waals surface area (Å²) in [6.45, 7) is 1.08. The molecule has 0 fully saturated rings. The van der Waals surface area contributed by atoms with Crippen molar-refractivity contribution in [2.24, 2.45) is 5.73 Å². The topological polar surface area (TPSA) is 127 Å². The maximum absolute atomic E-state index is 11.6. The quantitative estimate of drug-likeness (QED) is 0.674. The molecule has 0 saturated heterocycles. The van der Waals surface area contributed by atoms with Crippen molar-refractivity contribution in [3.8, 4) is 0 Å². The van der Waals surface area contributed by atoms with Crippen molar-refractivity contribution in [2.45, 2.75) is 18.6 Å². The maximum Gasteiger partial charge on any atom is 0.323 e. The molecule has 0 bridgehead atoms. The molecule has 1 aromatic carbocycles. The standard InChI is InChI=1S/C11H14N2O5S/c1-7(11(15)16)19(17,18)13-9-4-2-8(3-5-9)6-10(12)14/h2-5,7,13H,6H2,1H3,(H2,12,14)(H,15,16). The summed E-state index contributed by atoms with van der Waals surface area (Å²) in [5, 5.41) is 7.11. The average Bonchev–Trinajstić information content (AvgIpc) is 2.29. The predicted molar refractivity (Wildman–Crippen MR) is 69.0 cm³/mol. The first kappa shape index (κ1) is 15.0. The minimum Gasteiger partial charge on any atom is -0.480 e. The van der Waals surface area contributed by atoms with Gasteiger partial charge in [-0.3, -0.25) is 14.3 Å². The Hall–Kier alpha value is -2.09. The molecule has 8 heteroatoms. The van der Waals surface area contributed by atoms with Gasteiger partial charge in [0.25, 0.3) is 0 Å². The number of nitrogens with two attached hydrogens (primary N) is 1. The molecule has 0 aromatic heterocycles. The molecule has 1 atom stereocenters. The van der Waals surface area contributed by atoms with Gasteiger partial charge in [0.2, 0.25) is 15.9 Å². The minimum absolute atomic E-state index is 0.0541. The lowest BCUT2D eigenvalue weighted by molar-refractivity contribution is -0.136. The molecule has 0 saturated carbocycles. The summed E-state index contributed by atoms with van der Waals surface area (Å²) >= 11 is 0. The van der Waals surface area contributed by atoms with Crippen molar-refractivity contribution in [3.05, 3.63) is 29.8 Å². The van der Waals surface area contributed by atoms with E-state index in [9.17, 15) is 18.0 Å². The third-order valence-electron chi connectivity index (χ3n) is 2.41. The number of carbonyl (C=O) groups excluding carboxylic acids is 1. The van der Waals surface area contributed by atoms with Crippen LogP contribution in [0.5, 0.6) is 0 Å². The van der Waals surface area contributed by atoms with E-state index in [1.807, 2.05) is 0 Å². The highest BCUT2D eigenvalue weighted by Gasteiger charge is 2.27. The molecule has 0 heterocycles. The maximum atomic E-state index is 11.6. The van der Waals surface area contributed by atoms with E-state index in [0.717, 1.165) is 6.92 Å². The predicted octanol–water partition coefficient (Wildman–Crippen LogP) is -0.0708. The fourth-order valence-electron chi connectivity index (χ4n) is 1.28. The Balaban J connectivity index is 2.83. The number of carbonyl (C=O) groups is 2. The lowest BCUT2D eigenvalue weighted by Gasteiger charge is -2.11. The number of nitrogens with one attached hydrogen (secondary N) is 1. The molecule has 1 unspecified atom stereocenters. The summed E-state index contributed by atoms with van der Waals surface area (Å²) in [5.74, 6) is -1.93. The number of amides is 1. The summed E-state index contributed by atoms with van der Waals surface area (Å²) < 4.78 is 25.4. The van der Waals surface area contributed by atoms with Crippen molar-refractivity contribution in [2.75, 3.05) is 4.72 Å². The van der Waals surface area contributed by atoms with Gasteiger partial charge in [0.05, 0.1) is 6.42 Å². The molecule has 0 radical (unpaired) electrons. The van der Waals surface area contributed by atoms with Crippen LogP contribution in [-0.4, -0.2) is 30.7 Å². The van der Waals surface area contributed by atoms with Crippen LogP contribution in [0.15, 0.2) is 24.3 Å². The van der Waals surface area contributed by atoms with E-state index in [-0.39, 0.29) is 12.1 Å². The second-order valence-electron chi connectivity index (χ2n) is 3.97. The number of rotatable bonds is 6. The Bertz CT molecular complexity index is 580. The van der Waals surface area contributed by atoms with Crippen molar-refractivity contribution >= 4 is 27.6 Å². The first-order valence-corrected chi connectivity index (χ1v) is 6.88. The third kappa shape index (κ3) is 4.25. The number of carboxylic acids is 1. The molecule has 0 aliphatic heterocycles. The number of benzene rings is 1. The highest BCUT2D eigenvalue weighted by molar-refractivity contribution is 7.94. The number of carboxylic acid groups (broad SMARTS) is 1. The first-order chi connectivity index (χ1) is 8.72. The van der Waals surface area contributed by atoms with Crippen LogP contribution in [0.1, 0.15) is 12.5 Å². The van der Waals surface area contributed by atoms with Crippen LogP contribution in [-0.2, 0) is 26.0 Å². The summed E-state index contributed by atoms with van der Waals surface area (Å²) in [6, 6.07) is 5.94. The Kier molecular flexibility index (Phi) is 4.49. The summed E-state index contributed by atoms with van der Waals surface area (Å²) in [7, 11) is -3.99. The van der Waals surface area contributed by atoms with Crippen LogP contribution in [0.25, 0.3) is 0 Å². The Morgan fingerprint density at radius 2 is 1.84 bits per heavy atom. The summed E-state index contributed by atoms with van der Waals surface area (Å²) in [6.07, 6.45) is 0.0541. The van der Waals surface area contributed by atoms with E-state index < -0.39 is 27.1 Å². The molecular weight excluding hydrogens is 272 g/mol. The smallest absolute Gasteiger partial charge is 0.323 e. The van der Waals surface area contributed by atoms with E-state index in [1.54, 1.807) is 0 Å². The monoisotopic (exact) mass is 286 g/mol. The van der Waals surface area contributed by atoms with E-state index in [0.29, 0.717) is 5.56 Å². The normalized spacial score (nSPS) is 12.7. The van der Waals surface area contributed by atoms with Gasteiger partial charge in [0.1, 0.15) is 0 Å². The number of anilines is 1. The second-order valence-corrected chi connectivity index (χ2v) is 5.97. The van der Waals surface area contributed by atoms with Gasteiger partial charge in [0.15, 0.2) is 5.25 Å². The summed E-state index contributed by atoms with van der Waals surface area (Å²) in [5.41, 5.74) is 5.89. The van der Waals surface area contributed by atoms with Gasteiger partial charge in [-0.15, -0.1) is 0 Å². The van der Waals surface area contributed by atoms with Gasteiger partial charge in [-0.25, -0.2) is 8.42 Å². The fourth-order valence-corrected chi connectivity index (χ4v) is 2.18. The number of primary amides is 1. The molecule has 19 heavy (non-hydrogen) atoms. The average molecular weight is 286 g/mol. The highest BCUT2D eigenvalue weighted by Crippen LogP contribution is 2.14. The number of sulfonamides is 1. The van der Waals surface area contributed by atoms with Crippen LogP contribution >= 0.6 is 0 Å². The zero-order valence-electron chi connectivity index (χ0n) is 10.2. The Labute approximate surface area is 110 Å². The molecule has 0 aliphatic rings. The van der Waals surface area contributed by atoms with Crippen molar-refractivity contribution < 1.29 is 23.1 Å².